The van der Waals surface area contributed by atoms with Gasteiger partial charge >= 0.3 is 6.09 Å². The zero-order valence-corrected chi connectivity index (χ0v) is 16.3. The summed E-state index contributed by atoms with van der Waals surface area (Å²) in [5, 5.41) is 15.6. The molecular formula is C20H21N3O4S. The second kappa shape index (κ2) is 9.24. The number of ether oxygens (including phenoxy) is 1. The van der Waals surface area contributed by atoms with Crippen molar-refractivity contribution in [3.63, 3.8) is 0 Å². The van der Waals surface area contributed by atoms with Crippen molar-refractivity contribution in [2.24, 2.45) is 0 Å². The number of furan rings is 1. The molecule has 2 aromatic rings. The highest BCUT2D eigenvalue weighted by Gasteiger charge is 2.28. The van der Waals surface area contributed by atoms with Crippen LogP contribution in [0.2, 0.25) is 0 Å². The molecule has 0 aromatic carbocycles. The minimum atomic E-state index is -0.412. The van der Waals surface area contributed by atoms with Crippen LogP contribution in [0.25, 0.3) is 6.08 Å². The molecule has 2 amide bonds. The number of hydrogen-bond acceptors (Lipinski definition) is 6. The molecule has 2 N–H and O–H groups in total. The Labute approximate surface area is 167 Å². The van der Waals surface area contributed by atoms with E-state index >= 15 is 0 Å². The van der Waals surface area contributed by atoms with Gasteiger partial charge in [-0.05, 0) is 37.0 Å². The number of nitrogens with zero attached hydrogens (tertiary/aromatic N) is 1. The van der Waals surface area contributed by atoms with Gasteiger partial charge in [-0.25, -0.2) is 4.79 Å². The van der Waals surface area contributed by atoms with Crippen LogP contribution in [0.4, 0.5) is 9.80 Å². The van der Waals surface area contributed by atoms with Gasteiger partial charge in [0, 0.05) is 29.5 Å². The summed E-state index contributed by atoms with van der Waals surface area (Å²) >= 11 is 1.37. The van der Waals surface area contributed by atoms with Crippen molar-refractivity contribution in [1.82, 2.24) is 5.32 Å². The molecule has 0 spiro atoms. The van der Waals surface area contributed by atoms with Gasteiger partial charge in [0.15, 0.2) is 0 Å². The fourth-order valence-corrected chi connectivity index (χ4v) is 4.24. The Morgan fingerprint density at radius 1 is 1.50 bits per heavy atom. The van der Waals surface area contributed by atoms with Crippen molar-refractivity contribution in [3.05, 3.63) is 46.2 Å². The lowest BCUT2D eigenvalue weighted by atomic mass is 9.94. The fourth-order valence-electron chi connectivity index (χ4n) is 2.98. The van der Waals surface area contributed by atoms with Crippen molar-refractivity contribution >= 4 is 34.4 Å². The lowest BCUT2D eigenvalue weighted by molar-refractivity contribution is -0.111. The van der Waals surface area contributed by atoms with Crippen molar-refractivity contribution < 1.29 is 18.7 Å². The first kappa shape index (κ1) is 19.7. The second-order valence-corrected chi connectivity index (χ2v) is 7.50. The van der Waals surface area contributed by atoms with E-state index in [1.54, 1.807) is 12.1 Å². The molecule has 2 heterocycles. The second-order valence-electron chi connectivity index (χ2n) is 6.40. The summed E-state index contributed by atoms with van der Waals surface area (Å²) in [7, 11) is 0. The van der Waals surface area contributed by atoms with Crippen LogP contribution in [0.3, 0.4) is 0 Å². The topological polar surface area (TPSA) is 104 Å². The Morgan fingerprint density at radius 2 is 2.36 bits per heavy atom. The van der Waals surface area contributed by atoms with Crippen LogP contribution in [-0.2, 0) is 22.4 Å². The summed E-state index contributed by atoms with van der Waals surface area (Å²) in [6.45, 7) is 2.55. The number of thiophene rings is 1. The first-order valence-corrected chi connectivity index (χ1v) is 9.92. The molecule has 1 aliphatic carbocycles. The highest BCUT2D eigenvalue weighted by Crippen LogP contribution is 2.38. The minimum absolute atomic E-state index is 0.223. The Morgan fingerprint density at radius 3 is 3.07 bits per heavy atom. The summed E-state index contributed by atoms with van der Waals surface area (Å²) in [4.78, 5) is 24.9. The molecule has 0 aliphatic heterocycles. The quantitative estimate of drug-likeness (QED) is 0.718. The summed E-state index contributed by atoms with van der Waals surface area (Å²) in [5.41, 5.74) is 2.22. The van der Waals surface area contributed by atoms with Crippen molar-refractivity contribution in [2.75, 3.05) is 11.9 Å². The summed E-state index contributed by atoms with van der Waals surface area (Å²) in [6, 6.07) is 3.94. The van der Waals surface area contributed by atoms with Crippen LogP contribution < -0.4 is 10.6 Å². The number of carbonyl (C=O) groups is 2. The largest absolute Gasteiger partial charge is 0.472 e. The third-order valence-corrected chi connectivity index (χ3v) is 5.50. The van der Waals surface area contributed by atoms with Gasteiger partial charge in [-0.2, -0.15) is 5.26 Å². The summed E-state index contributed by atoms with van der Waals surface area (Å²) < 4.78 is 10.4. The Balaban J connectivity index is 1.66. The minimum Gasteiger partial charge on any atom is -0.472 e. The van der Waals surface area contributed by atoms with Gasteiger partial charge in [0.05, 0.1) is 18.1 Å². The molecule has 0 saturated heterocycles. The third-order valence-electron chi connectivity index (χ3n) is 4.33. The van der Waals surface area contributed by atoms with Crippen molar-refractivity contribution in [1.29, 1.82) is 5.26 Å². The van der Waals surface area contributed by atoms with E-state index in [9.17, 15) is 14.9 Å². The van der Waals surface area contributed by atoms with E-state index in [4.69, 9.17) is 9.15 Å². The number of carbonyl (C=O) groups excluding carboxylic acids is 2. The molecule has 8 heteroatoms. The van der Waals surface area contributed by atoms with E-state index < -0.39 is 6.09 Å². The fraction of sp³-hybridized carbons (Fsp3) is 0.350. The van der Waals surface area contributed by atoms with Crippen molar-refractivity contribution in [3.8, 4) is 6.07 Å². The number of rotatable bonds is 6. The third kappa shape index (κ3) is 4.81. The van der Waals surface area contributed by atoms with Gasteiger partial charge in [0.25, 0.3) is 0 Å². The number of alkyl carbamates (subject to hydrolysis) is 1. The predicted molar refractivity (Wildman–Crippen MR) is 106 cm³/mol. The molecule has 146 valence electrons. The number of nitrogens with one attached hydrogen (secondary N) is 2. The number of hydrogen-bond donors (Lipinski definition) is 2. The van der Waals surface area contributed by atoms with Crippen molar-refractivity contribution in [2.45, 2.75) is 38.7 Å². The molecule has 0 bridgehead atoms. The highest BCUT2D eigenvalue weighted by atomic mass is 32.1. The highest BCUT2D eigenvalue weighted by molar-refractivity contribution is 7.16. The number of anilines is 1. The average molecular weight is 399 g/mol. The number of fused-ring (bicyclic) bond motifs is 1. The van der Waals surface area contributed by atoms with Crippen LogP contribution in [0, 0.1) is 11.3 Å². The predicted octanol–water partition coefficient (Wildman–Crippen LogP) is 3.86. The van der Waals surface area contributed by atoms with E-state index in [0.29, 0.717) is 36.4 Å². The van der Waals surface area contributed by atoms with Crippen LogP contribution >= 0.6 is 11.3 Å². The van der Waals surface area contributed by atoms with Crippen LogP contribution in [0.15, 0.2) is 29.1 Å². The first-order chi connectivity index (χ1) is 13.6. The monoisotopic (exact) mass is 399 g/mol. The van der Waals surface area contributed by atoms with Gasteiger partial charge in [0.1, 0.15) is 17.2 Å². The molecule has 1 aliphatic rings. The van der Waals surface area contributed by atoms with Crippen LogP contribution in [0.5, 0.6) is 0 Å². The zero-order valence-electron chi connectivity index (χ0n) is 15.5. The maximum Gasteiger partial charge on any atom is 0.407 e. The van der Waals surface area contributed by atoms with Gasteiger partial charge in [-0.3, -0.25) is 4.79 Å². The smallest absolute Gasteiger partial charge is 0.407 e. The molecule has 1 atom stereocenters. The Hall–Kier alpha value is -3.05. The Kier molecular flexibility index (Phi) is 6.50. The van der Waals surface area contributed by atoms with E-state index in [1.165, 1.54) is 29.9 Å². The van der Waals surface area contributed by atoms with E-state index in [2.05, 4.69) is 16.7 Å². The molecule has 0 saturated carbocycles. The number of amides is 2. The molecule has 28 heavy (non-hydrogen) atoms. The van der Waals surface area contributed by atoms with Gasteiger partial charge in [0.2, 0.25) is 5.91 Å². The zero-order chi connectivity index (χ0) is 19.9. The van der Waals surface area contributed by atoms with E-state index in [0.717, 1.165) is 22.4 Å². The van der Waals surface area contributed by atoms with Gasteiger partial charge in [-0.1, -0.05) is 6.92 Å². The lowest BCUT2D eigenvalue weighted by Gasteiger charge is -2.22. The van der Waals surface area contributed by atoms with Crippen LogP contribution in [-0.4, -0.2) is 24.6 Å². The van der Waals surface area contributed by atoms with Gasteiger partial charge in [-0.15, -0.1) is 11.3 Å². The molecular weight excluding hydrogens is 378 g/mol. The summed E-state index contributed by atoms with van der Waals surface area (Å²) in [5.74, 6) is -0.317. The molecule has 0 fully saturated rings. The van der Waals surface area contributed by atoms with Crippen LogP contribution in [0.1, 0.15) is 41.3 Å². The molecule has 3 rings (SSSR count). The lowest BCUT2D eigenvalue weighted by Crippen LogP contribution is -2.32. The molecule has 7 nitrogen and oxygen atoms in total. The summed E-state index contributed by atoms with van der Waals surface area (Å²) in [6.07, 6.45) is 8.15. The molecule has 0 radical (unpaired) electrons. The normalized spacial score (nSPS) is 15.6. The maximum atomic E-state index is 12.2. The van der Waals surface area contributed by atoms with E-state index in [1.807, 2.05) is 6.92 Å². The first-order valence-electron chi connectivity index (χ1n) is 9.11. The Bertz CT molecular complexity index is 909. The standard InChI is InChI=1S/C20H21N3O4S/c1-2-8-22-20(25)27-14-4-5-15-16(11-21)19(28-17(15)10-14)23-18(24)6-3-13-7-9-26-12-13/h3,6-7,9,12,14H,2,4-5,8,10H2,1H3,(H,22,25)(H,23,24). The number of nitriles is 1. The maximum absolute atomic E-state index is 12.2. The average Bonchev–Trinajstić information content (AvgIpc) is 3.31. The molecule has 2 aromatic heterocycles. The molecule has 1 unspecified atom stereocenters. The van der Waals surface area contributed by atoms with Gasteiger partial charge < -0.3 is 19.8 Å². The van der Waals surface area contributed by atoms with E-state index in [-0.39, 0.29) is 12.0 Å². The SMILES string of the molecule is CCCNC(=O)OC1CCc2c(sc(NC(=O)C=Cc3ccoc3)c2C#N)C1.